The predicted molar refractivity (Wildman–Crippen MR) is 141 cm³/mol. The van der Waals surface area contributed by atoms with Crippen molar-refractivity contribution in [3.05, 3.63) is 101 Å². The number of nitrogens with zero attached hydrogens (tertiary/aromatic N) is 2. The Morgan fingerprint density at radius 1 is 0.800 bits per heavy atom. The molecule has 2 fully saturated rings. The summed E-state index contributed by atoms with van der Waals surface area (Å²) in [7, 11) is 0. The van der Waals surface area contributed by atoms with Gasteiger partial charge in [-0.25, -0.2) is 0 Å². The van der Waals surface area contributed by atoms with E-state index in [0.29, 0.717) is 17.0 Å². The maximum absolute atomic E-state index is 12.9. The van der Waals surface area contributed by atoms with Crippen LogP contribution in [0, 0.1) is 5.41 Å². The SMILES string of the molecule is O=C(c1ccc(Cl)cc1)N1CCC2(CCN(Cc3ccccc3OCc3ccccc3)CC2)CC1. The average molecular weight is 489 g/mol. The number of hydrogen-bond acceptors (Lipinski definition) is 3. The van der Waals surface area contributed by atoms with E-state index in [9.17, 15) is 4.79 Å². The van der Waals surface area contributed by atoms with Crippen LogP contribution in [0.4, 0.5) is 0 Å². The van der Waals surface area contributed by atoms with Crippen molar-refractivity contribution in [2.75, 3.05) is 26.2 Å². The van der Waals surface area contributed by atoms with Gasteiger partial charge in [-0.1, -0.05) is 60.1 Å². The summed E-state index contributed by atoms with van der Waals surface area (Å²) in [5.74, 6) is 1.10. The molecule has 2 saturated heterocycles. The van der Waals surface area contributed by atoms with Crippen molar-refractivity contribution >= 4 is 17.5 Å². The Hall–Kier alpha value is -2.82. The lowest BCUT2D eigenvalue weighted by atomic mass is 9.71. The quantitative estimate of drug-likeness (QED) is 0.400. The van der Waals surface area contributed by atoms with E-state index >= 15 is 0 Å². The van der Waals surface area contributed by atoms with Crippen molar-refractivity contribution in [1.82, 2.24) is 9.80 Å². The third-order valence-corrected chi connectivity index (χ3v) is 7.97. The van der Waals surface area contributed by atoms with Crippen LogP contribution < -0.4 is 4.74 Å². The largest absolute Gasteiger partial charge is 0.489 e. The molecule has 2 heterocycles. The maximum Gasteiger partial charge on any atom is 0.253 e. The van der Waals surface area contributed by atoms with E-state index in [1.807, 2.05) is 41.3 Å². The lowest BCUT2D eigenvalue weighted by Gasteiger charge is -2.47. The molecule has 0 atom stereocenters. The van der Waals surface area contributed by atoms with Crippen LogP contribution in [0.5, 0.6) is 5.75 Å². The number of carbonyl (C=O) groups excluding carboxylic acids is 1. The van der Waals surface area contributed by atoms with Crippen LogP contribution in [0.1, 0.15) is 47.2 Å². The van der Waals surface area contributed by atoms with Gasteiger partial charge in [0, 0.05) is 35.8 Å². The highest BCUT2D eigenvalue weighted by Crippen LogP contribution is 2.42. The minimum absolute atomic E-state index is 0.126. The standard InChI is InChI=1S/C30H33ClN2O2/c31-27-12-10-25(11-13-27)29(34)33-20-16-30(17-21-33)14-18-32(19-15-30)22-26-8-4-5-9-28(26)35-23-24-6-2-1-3-7-24/h1-13H,14-23H2. The van der Waals surface area contributed by atoms with Gasteiger partial charge in [0.2, 0.25) is 0 Å². The molecule has 5 rings (SSSR count). The fraction of sp³-hybridized carbons (Fsp3) is 0.367. The summed E-state index contributed by atoms with van der Waals surface area (Å²) >= 11 is 5.98. The molecule has 0 bridgehead atoms. The Kier molecular flexibility index (Phi) is 7.40. The van der Waals surface area contributed by atoms with E-state index < -0.39 is 0 Å². The van der Waals surface area contributed by atoms with E-state index in [1.165, 1.54) is 24.0 Å². The normalized spacial score (nSPS) is 17.9. The summed E-state index contributed by atoms with van der Waals surface area (Å²) in [5, 5.41) is 0.663. The van der Waals surface area contributed by atoms with Gasteiger partial charge in [0.15, 0.2) is 0 Å². The van der Waals surface area contributed by atoms with Crippen LogP contribution >= 0.6 is 11.6 Å². The maximum atomic E-state index is 12.9. The topological polar surface area (TPSA) is 32.8 Å². The number of halogens is 1. The first-order valence-corrected chi connectivity index (χ1v) is 13.0. The van der Waals surface area contributed by atoms with Crippen molar-refractivity contribution in [2.45, 2.75) is 38.8 Å². The first-order chi connectivity index (χ1) is 17.1. The van der Waals surface area contributed by atoms with Crippen molar-refractivity contribution < 1.29 is 9.53 Å². The fourth-order valence-electron chi connectivity index (χ4n) is 5.40. The minimum atomic E-state index is 0.126. The minimum Gasteiger partial charge on any atom is -0.489 e. The number of amides is 1. The third-order valence-electron chi connectivity index (χ3n) is 7.72. The number of ether oxygens (including phenoxy) is 1. The zero-order valence-electron chi connectivity index (χ0n) is 20.2. The second-order valence-electron chi connectivity index (χ2n) is 9.96. The molecular weight excluding hydrogens is 456 g/mol. The summed E-state index contributed by atoms with van der Waals surface area (Å²) in [6, 6.07) is 26.0. The Morgan fingerprint density at radius 3 is 2.14 bits per heavy atom. The van der Waals surface area contributed by atoms with Crippen molar-refractivity contribution in [1.29, 1.82) is 0 Å². The molecule has 0 radical (unpaired) electrons. The first-order valence-electron chi connectivity index (χ1n) is 12.6. The molecule has 5 heteroatoms. The zero-order chi connectivity index (χ0) is 24.1. The molecule has 0 N–H and O–H groups in total. The molecule has 1 spiro atoms. The molecule has 35 heavy (non-hydrogen) atoms. The van der Waals surface area contributed by atoms with E-state index in [4.69, 9.17) is 16.3 Å². The molecule has 0 aromatic heterocycles. The lowest BCUT2D eigenvalue weighted by molar-refractivity contribution is 0.0283. The second-order valence-corrected chi connectivity index (χ2v) is 10.4. The highest BCUT2D eigenvalue weighted by atomic mass is 35.5. The molecule has 182 valence electrons. The van der Waals surface area contributed by atoms with E-state index in [1.54, 1.807) is 12.1 Å². The van der Waals surface area contributed by atoms with Gasteiger partial charge >= 0.3 is 0 Å². The summed E-state index contributed by atoms with van der Waals surface area (Å²) in [4.78, 5) is 17.4. The van der Waals surface area contributed by atoms with E-state index in [2.05, 4.69) is 35.2 Å². The Balaban J connectivity index is 1.12. The molecule has 3 aromatic carbocycles. The van der Waals surface area contributed by atoms with Gasteiger partial charge in [-0.15, -0.1) is 0 Å². The highest BCUT2D eigenvalue weighted by molar-refractivity contribution is 6.30. The molecule has 3 aromatic rings. The Labute approximate surface area is 213 Å². The predicted octanol–water partition coefficient (Wildman–Crippen LogP) is 6.44. The van der Waals surface area contributed by atoms with Crippen LogP contribution in [0.15, 0.2) is 78.9 Å². The molecule has 4 nitrogen and oxygen atoms in total. The van der Waals surface area contributed by atoms with Crippen LogP contribution in [0.3, 0.4) is 0 Å². The van der Waals surface area contributed by atoms with Gasteiger partial charge in [0.25, 0.3) is 5.91 Å². The van der Waals surface area contributed by atoms with Gasteiger partial charge in [-0.3, -0.25) is 9.69 Å². The zero-order valence-corrected chi connectivity index (χ0v) is 20.9. The van der Waals surface area contributed by atoms with Crippen LogP contribution in [0.25, 0.3) is 0 Å². The third kappa shape index (κ3) is 5.88. The highest BCUT2D eigenvalue weighted by Gasteiger charge is 2.38. The van der Waals surface area contributed by atoms with Crippen LogP contribution in [-0.4, -0.2) is 41.9 Å². The van der Waals surface area contributed by atoms with Gasteiger partial charge in [0.05, 0.1) is 0 Å². The van der Waals surface area contributed by atoms with Gasteiger partial charge < -0.3 is 9.64 Å². The van der Waals surface area contributed by atoms with Crippen molar-refractivity contribution in [3.8, 4) is 5.75 Å². The molecular formula is C30H33ClN2O2. The van der Waals surface area contributed by atoms with Gasteiger partial charge in [-0.05, 0) is 80.1 Å². The molecule has 1 amide bonds. The van der Waals surface area contributed by atoms with Gasteiger partial charge in [0.1, 0.15) is 12.4 Å². The van der Waals surface area contributed by atoms with E-state index in [0.717, 1.165) is 56.9 Å². The van der Waals surface area contributed by atoms with Crippen molar-refractivity contribution in [3.63, 3.8) is 0 Å². The molecule has 2 aliphatic rings. The molecule has 0 aliphatic carbocycles. The number of carbonyl (C=O) groups is 1. The number of hydrogen-bond donors (Lipinski definition) is 0. The summed E-state index contributed by atoms with van der Waals surface area (Å²) < 4.78 is 6.18. The summed E-state index contributed by atoms with van der Waals surface area (Å²) in [6.45, 7) is 5.39. The second kappa shape index (κ2) is 10.8. The number of para-hydroxylation sites is 1. The molecule has 2 aliphatic heterocycles. The number of likely N-dealkylation sites (tertiary alicyclic amines) is 2. The molecule has 0 unspecified atom stereocenters. The number of rotatable bonds is 6. The first kappa shape index (κ1) is 23.9. The van der Waals surface area contributed by atoms with Crippen LogP contribution in [-0.2, 0) is 13.2 Å². The molecule has 0 saturated carbocycles. The van der Waals surface area contributed by atoms with Gasteiger partial charge in [-0.2, -0.15) is 0 Å². The number of benzene rings is 3. The smallest absolute Gasteiger partial charge is 0.253 e. The lowest BCUT2D eigenvalue weighted by Crippen LogP contribution is -2.48. The summed E-state index contributed by atoms with van der Waals surface area (Å²) in [6.07, 6.45) is 4.58. The number of piperidine rings is 2. The van der Waals surface area contributed by atoms with E-state index in [-0.39, 0.29) is 5.91 Å². The van der Waals surface area contributed by atoms with Crippen LogP contribution in [0.2, 0.25) is 5.02 Å². The Morgan fingerprint density at radius 2 is 1.43 bits per heavy atom. The average Bonchev–Trinajstić information content (AvgIpc) is 2.91. The summed E-state index contributed by atoms with van der Waals surface area (Å²) in [5.41, 5.74) is 3.54. The fourth-order valence-corrected chi connectivity index (χ4v) is 5.52. The monoisotopic (exact) mass is 488 g/mol. The Bertz CT molecular complexity index is 1110. The van der Waals surface area contributed by atoms with Crippen molar-refractivity contribution in [2.24, 2.45) is 5.41 Å².